The normalized spacial score (nSPS) is 11.7. The highest BCUT2D eigenvalue weighted by Crippen LogP contribution is 2.33. The van der Waals surface area contributed by atoms with Gasteiger partial charge in [-0.2, -0.15) is 4.98 Å². The smallest absolute Gasteiger partial charge is 0.319 e. The van der Waals surface area contributed by atoms with Gasteiger partial charge in [0.2, 0.25) is 17.5 Å². The van der Waals surface area contributed by atoms with Crippen LogP contribution in [0.25, 0.3) is 0 Å². The van der Waals surface area contributed by atoms with Gasteiger partial charge in [0.15, 0.2) is 0 Å². The number of hydrogen-bond donors (Lipinski definition) is 1. The lowest BCUT2D eigenvalue weighted by molar-refractivity contribution is -0.138. The Bertz CT molecular complexity index is 1380. The molecule has 2 aromatic carbocycles. The number of rotatable bonds is 11. The Morgan fingerprint density at radius 3 is 2.43 bits per heavy atom. The van der Waals surface area contributed by atoms with Gasteiger partial charge in [-0.1, -0.05) is 41.1 Å². The highest BCUT2D eigenvalue weighted by Gasteiger charge is 2.28. The fraction of sp³-hybridized carbons (Fsp3) is 0.286. The van der Waals surface area contributed by atoms with Gasteiger partial charge >= 0.3 is 5.97 Å². The summed E-state index contributed by atoms with van der Waals surface area (Å²) in [6.07, 6.45) is 1.62. The van der Waals surface area contributed by atoms with E-state index in [-0.39, 0.29) is 11.6 Å². The molecule has 0 bridgehead atoms. The third kappa shape index (κ3) is 6.75. The number of aromatic nitrogens is 2. The van der Waals surface area contributed by atoms with Gasteiger partial charge in [0.1, 0.15) is 10.5 Å². The van der Waals surface area contributed by atoms with Crippen LogP contribution in [0, 0.1) is 13.8 Å². The van der Waals surface area contributed by atoms with Crippen LogP contribution in [0.5, 0.6) is 0 Å². The predicted molar refractivity (Wildman–Crippen MR) is 139 cm³/mol. The summed E-state index contributed by atoms with van der Waals surface area (Å²) in [6, 6.07) is 17.1. The Balaban J connectivity index is 1.48. The number of carboxylic acid groups (broad SMARTS) is 1. The van der Waals surface area contributed by atoms with Crippen LogP contribution in [0.2, 0.25) is 0 Å². The summed E-state index contributed by atoms with van der Waals surface area (Å²) in [7, 11) is 0. The van der Waals surface area contributed by atoms with Crippen molar-refractivity contribution in [3.05, 3.63) is 101 Å². The van der Waals surface area contributed by atoms with Crippen molar-refractivity contribution in [2.45, 2.75) is 57.0 Å². The highest BCUT2D eigenvalue weighted by atomic mass is 32.2. The molecular formula is C28H29N3O5S. The van der Waals surface area contributed by atoms with Crippen LogP contribution in [-0.2, 0) is 24.4 Å². The molecule has 37 heavy (non-hydrogen) atoms. The number of benzene rings is 2. The Morgan fingerprint density at radius 2 is 1.78 bits per heavy atom. The molecule has 0 radical (unpaired) electrons. The molecule has 4 aromatic rings. The molecule has 0 aliphatic heterocycles. The van der Waals surface area contributed by atoms with E-state index in [1.165, 1.54) is 11.8 Å². The minimum absolute atomic E-state index is 0.0299. The molecule has 0 aliphatic carbocycles. The molecular weight excluding hydrogens is 490 g/mol. The largest absolute Gasteiger partial charge is 0.480 e. The number of ketones is 1. The molecule has 192 valence electrons. The van der Waals surface area contributed by atoms with E-state index in [9.17, 15) is 14.7 Å². The average Bonchev–Trinajstić information content (AvgIpc) is 3.52. The van der Waals surface area contributed by atoms with Crippen LogP contribution in [0.4, 0.5) is 0 Å². The molecule has 2 aromatic heterocycles. The van der Waals surface area contributed by atoms with Crippen molar-refractivity contribution in [3.63, 3.8) is 0 Å². The van der Waals surface area contributed by atoms with E-state index in [1.54, 1.807) is 26.2 Å². The third-order valence-electron chi connectivity index (χ3n) is 5.83. The Morgan fingerprint density at radius 1 is 1.03 bits per heavy atom. The van der Waals surface area contributed by atoms with Crippen molar-refractivity contribution in [2.75, 3.05) is 0 Å². The van der Waals surface area contributed by atoms with Gasteiger partial charge < -0.3 is 14.0 Å². The molecule has 0 aliphatic rings. The SMILES string of the molecule is Cc1ccc(C(=O)c2noc(CN(Cc3ccc(SC(C)(C)C(=O)O)cc3)Cc3ccco3)n2)c(C)c1. The predicted octanol–water partition coefficient (Wildman–Crippen LogP) is 5.67. The van der Waals surface area contributed by atoms with E-state index in [0.29, 0.717) is 31.1 Å². The van der Waals surface area contributed by atoms with Gasteiger partial charge in [-0.3, -0.25) is 14.5 Å². The zero-order valence-corrected chi connectivity index (χ0v) is 22.0. The second kappa shape index (κ2) is 11.1. The monoisotopic (exact) mass is 519 g/mol. The van der Waals surface area contributed by atoms with Crippen molar-refractivity contribution in [3.8, 4) is 0 Å². The summed E-state index contributed by atoms with van der Waals surface area (Å²) >= 11 is 1.30. The first-order valence-electron chi connectivity index (χ1n) is 11.8. The minimum Gasteiger partial charge on any atom is -0.480 e. The van der Waals surface area contributed by atoms with Gasteiger partial charge in [0.25, 0.3) is 0 Å². The number of carbonyl (C=O) groups is 2. The van der Waals surface area contributed by atoms with Gasteiger partial charge in [0.05, 0.1) is 19.4 Å². The van der Waals surface area contributed by atoms with Crippen LogP contribution in [-0.4, -0.2) is 36.6 Å². The van der Waals surface area contributed by atoms with Crippen molar-refractivity contribution >= 4 is 23.5 Å². The van der Waals surface area contributed by atoms with Crippen molar-refractivity contribution in [1.82, 2.24) is 15.0 Å². The summed E-state index contributed by atoms with van der Waals surface area (Å²) in [5.74, 6) is 0.00228. The maximum atomic E-state index is 12.9. The lowest BCUT2D eigenvalue weighted by Crippen LogP contribution is -2.26. The molecule has 0 saturated carbocycles. The van der Waals surface area contributed by atoms with Crippen LogP contribution in [0.15, 0.2) is 74.7 Å². The van der Waals surface area contributed by atoms with Crippen LogP contribution in [0.1, 0.15) is 58.4 Å². The summed E-state index contributed by atoms with van der Waals surface area (Å²) in [5.41, 5.74) is 3.52. The Labute approximate surface area is 219 Å². The number of thioether (sulfide) groups is 1. The molecule has 0 fully saturated rings. The van der Waals surface area contributed by atoms with E-state index in [2.05, 4.69) is 15.0 Å². The molecule has 9 heteroatoms. The zero-order valence-electron chi connectivity index (χ0n) is 21.2. The molecule has 0 saturated heterocycles. The fourth-order valence-electron chi connectivity index (χ4n) is 3.84. The molecule has 4 rings (SSSR count). The molecule has 2 heterocycles. The first-order valence-corrected chi connectivity index (χ1v) is 12.6. The molecule has 0 unspecified atom stereocenters. The number of aryl methyl sites for hydroxylation is 2. The number of furan rings is 1. The molecule has 0 atom stereocenters. The molecule has 0 spiro atoms. The zero-order chi connectivity index (χ0) is 26.6. The number of nitrogens with zero attached hydrogens (tertiary/aromatic N) is 3. The second-order valence-corrected chi connectivity index (χ2v) is 11.1. The van der Waals surface area contributed by atoms with Crippen molar-refractivity contribution in [1.29, 1.82) is 0 Å². The van der Waals surface area contributed by atoms with E-state index in [4.69, 9.17) is 8.94 Å². The van der Waals surface area contributed by atoms with Crippen LogP contribution >= 0.6 is 11.8 Å². The van der Waals surface area contributed by atoms with Gasteiger partial charge in [-0.25, -0.2) is 0 Å². The standard InChI is InChI=1S/C28H29N3O5S/c1-18-7-12-23(19(2)14-18)25(32)26-29-24(36-30-26)17-31(16-21-6-5-13-35-21)15-20-8-10-22(11-9-20)37-28(3,4)27(33)34/h5-14H,15-17H2,1-4H3,(H,33,34). The van der Waals surface area contributed by atoms with E-state index >= 15 is 0 Å². The summed E-state index contributed by atoms with van der Waals surface area (Å²) in [6.45, 7) is 8.60. The average molecular weight is 520 g/mol. The number of hydrogen-bond acceptors (Lipinski definition) is 8. The second-order valence-electron chi connectivity index (χ2n) is 9.45. The Hall–Kier alpha value is -3.69. The van der Waals surface area contributed by atoms with Gasteiger partial charge in [0, 0.05) is 17.0 Å². The highest BCUT2D eigenvalue weighted by molar-refractivity contribution is 8.01. The molecule has 1 N–H and O–H groups in total. The topological polar surface area (TPSA) is 110 Å². The number of aliphatic carboxylic acids is 1. The van der Waals surface area contributed by atoms with Crippen LogP contribution < -0.4 is 0 Å². The first kappa shape index (κ1) is 26.4. The fourth-order valence-corrected chi connectivity index (χ4v) is 4.79. The van der Waals surface area contributed by atoms with Crippen molar-refractivity contribution in [2.24, 2.45) is 0 Å². The molecule has 0 amide bonds. The number of carboxylic acids is 1. The third-order valence-corrected chi connectivity index (χ3v) is 7.03. The molecule has 8 nitrogen and oxygen atoms in total. The van der Waals surface area contributed by atoms with Gasteiger partial charge in [-0.15, -0.1) is 11.8 Å². The van der Waals surface area contributed by atoms with Crippen LogP contribution in [0.3, 0.4) is 0 Å². The summed E-state index contributed by atoms with van der Waals surface area (Å²) in [5, 5.41) is 13.3. The summed E-state index contributed by atoms with van der Waals surface area (Å²) in [4.78, 5) is 31.7. The first-order chi connectivity index (χ1) is 17.6. The Kier molecular flexibility index (Phi) is 7.94. The van der Waals surface area contributed by atoms with Gasteiger partial charge in [-0.05, 0) is 63.1 Å². The maximum Gasteiger partial charge on any atom is 0.319 e. The maximum absolute atomic E-state index is 12.9. The van der Waals surface area contributed by atoms with E-state index in [1.807, 2.05) is 62.4 Å². The number of carbonyl (C=O) groups excluding carboxylic acids is 1. The van der Waals surface area contributed by atoms with Crippen molar-refractivity contribution < 1.29 is 23.6 Å². The minimum atomic E-state index is -0.920. The van der Waals surface area contributed by atoms with E-state index < -0.39 is 10.7 Å². The lowest BCUT2D eigenvalue weighted by Gasteiger charge is -2.20. The lowest BCUT2D eigenvalue weighted by atomic mass is 10.0. The quantitative estimate of drug-likeness (QED) is 0.198. The van der Waals surface area contributed by atoms with E-state index in [0.717, 1.165) is 27.3 Å². The summed E-state index contributed by atoms with van der Waals surface area (Å²) < 4.78 is 10.1.